The molecule has 0 heterocycles. The maximum atomic E-state index is 12.6. The zero-order chi connectivity index (χ0) is 21.5. The van der Waals surface area contributed by atoms with Crippen LogP contribution < -0.4 is 14.8 Å². The normalized spacial score (nSPS) is 18.5. The first-order valence-electron chi connectivity index (χ1n) is 9.99. The van der Waals surface area contributed by atoms with Crippen LogP contribution >= 0.6 is 0 Å². The predicted molar refractivity (Wildman–Crippen MR) is 114 cm³/mol. The SMILES string of the molecule is CCOc1ccc(C(=O)N[C@@H]2C=C[C@H]([C@@H](C(=O)OC)c3ccc(OC)cc3)C2)cc1. The van der Waals surface area contributed by atoms with Crippen LogP contribution in [-0.4, -0.2) is 38.7 Å². The fourth-order valence-corrected chi connectivity index (χ4v) is 3.70. The number of methoxy groups -OCH3 is 2. The molecule has 2 aromatic carbocycles. The van der Waals surface area contributed by atoms with Gasteiger partial charge in [-0.25, -0.2) is 0 Å². The van der Waals surface area contributed by atoms with E-state index in [2.05, 4.69) is 5.32 Å². The van der Waals surface area contributed by atoms with Crippen molar-refractivity contribution in [2.24, 2.45) is 5.92 Å². The van der Waals surface area contributed by atoms with Gasteiger partial charge in [-0.05, 0) is 61.2 Å². The summed E-state index contributed by atoms with van der Waals surface area (Å²) in [5.74, 6) is 0.488. The topological polar surface area (TPSA) is 73.9 Å². The van der Waals surface area contributed by atoms with Gasteiger partial charge in [-0.1, -0.05) is 24.3 Å². The van der Waals surface area contributed by atoms with Crippen LogP contribution in [0.5, 0.6) is 11.5 Å². The molecule has 0 aliphatic heterocycles. The highest BCUT2D eigenvalue weighted by molar-refractivity contribution is 5.94. The fraction of sp³-hybridized carbons (Fsp3) is 0.333. The van der Waals surface area contributed by atoms with Crippen LogP contribution in [0.25, 0.3) is 0 Å². The molecule has 1 amide bonds. The van der Waals surface area contributed by atoms with E-state index in [1.54, 1.807) is 31.4 Å². The van der Waals surface area contributed by atoms with E-state index in [0.29, 0.717) is 18.6 Å². The quantitative estimate of drug-likeness (QED) is 0.531. The van der Waals surface area contributed by atoms with E-state index >= 15 is 0 Å². The minimum absolute atomic E-state index is 0.0727. The Bertz CT molecular complexity index is 889. The number of rotatable bonds is 8. The molecule has 0 fully saturated rings. The highest BCUT2D eigenvalue weighted by Crippen LogP contribution is 2.35. The zero-order valence-corrected chi connectivity index (χ0v) is 17.5. The number of benzene rings is 2. The third kappa shape index (κ3) is 5.00. The summed E-state index contributed by atoms with van der Waals surface area (Å²) in [4.78, 5) is 25.1. The highest BCUT2D eigenvalue weighted by Gasteiger charge is 2.34. The summed E-state index contributed by atoms with van der Waals surface area (Å²) in [5.41, 5.74) is 1.42. The van der Waals surface area contributed by atoms with Gasteiger partial charge in [-0.15, -0.1) is 0 Å². The van der Waals surface area contributed by atoms with Crippen LogP contribution in [-0.2, 0) is 9.53 Å². The Hall–Kier alpha value is -3.28. The van der Waals surface area contributed by atoms with Gasteiger partial charge in [0.25, 0.3) is 5.91 Å². The fourth-order valence-electron chi connectivity index (χ4n) is 3.70. The van der Waals surface area contributed by atoms with Crippen LogP contribution in [0.3, 0.4) is 0 Å². The van der Waals surface area contributed by atoms with Crippen LogP contribution in [0.4, 0.5) is 0 Å². The molecule has 0 radical (unpaired) electrons. The Morgan fingerprint density at radius 3 is 2.27 bits per heavy atom. The van der Waals surface area contributed by atoms with Crippen molar-refractivity contribution in [3.63, 3.8) is 0 Å². The second kappa shape index (κ2) is 9.96. The molecule has 0 saturated heterocycles. The lowest BCUT2D eigenvalue weighted by Gasteiger charge is -2.22. The molecule has 0 bridgehead atoms. The van der Waals surface area contributed by atoms with E-state index in [9.17, 15) is 9.59 Å². The summed E-state index contributed by atoms with van der Waals surface area (Å²) in [6, 6.07) is 14.3. The number of carbonyl (C=O) groups is 2. The summed E-state index contributed by atoms with van der Waals surface area (Å²) >= 11 is 0. The summed E-state index contributed by atoms with van der Waals surface area (Å²) in [6.07, 6.45) is 4.54. The van der Waals surface area contributed by atoms with Gasteiger partial charge in [0, 0.05) is 11.6 Å². The maximum absolute atomic E-state index is 12.6. The largest absolute Gasteiger partial charge is 0.497 e. The van der Waals surface area contributed by atoms with Gasteiger partial charge in [0.2, 0.25) is 0 Å². The number of esters is 1. The van der Waals surface area contributed by atoms with E-state index in [1.807, 2.05) is 43.3 Å². The molecule has 6 nitrogen and oxygen atoms in total. The van der Waals surface area contributed by atoms with Crippen LogP contribution in [0.2, 0.25) is 0 Å². The Labute approximate surface area is 176 Å². The van der Waals surface area contributed by atoms with Crippen LogP contribution in [0, 0.1) is 5.92 Å². The van der Waals surface area contributed by atoms with E-state index in [-0.39, 0.29) is 23.8 Å². The van der Waals surface area contributed by atoms with Crippen LogP contribution in [0.15, 0.2) is 60.7 Å². The standard InChI is InChI=1S/C24H27NO5/c1-4-30-21-13-8-17(9-14-21)23(26)25-19-10-5-18(15-19)22(24(27)29-3)16-6-11-20(28-2)12-7-16/h5-14,18-19,22H,4,15H2,1-3H3,(H,25,26)/t18-,19+,22-/m0/s1. The summed E-state index contributed by atoms with van der Waals surface area (Å²) < 4.78 is 15.7. The lowest BCUT2D eigenvalue weighted by molar-refractivity contribution is -0.143. The van der Waals surface area contributed by atoms with Crippen molar-refractivity contribution in [2.75, 3.05) is 20.8 Å². The highest BCUT2D eigenvalue weighted by atomic mass is 16.5. The summed E-state index contributed by atoms with van der Waals surface area (Å²) in [6.45, 7) is 2.49. The molecule has 1 aliphatic rings. The smallest absolute Gasteiger partial charge is 0.313 e. The first-order valence-corrected chi connectivity index (χ1v) is 9.99. The summed E-state index contributed by atoms with van der Waals surface area (Å²) in [7, 11) is 2.99. The molecular weight excluding hydrogens is 382 g/mol. The molecule has 158 valence electrons. The Balaban J connectivity index is 1.66. The molecule has 2 aromatic rings. The van der Waals surface area contributed by atoms with Gasteiger partial charge < -0.3 is 19.5 Å². The predicted octanol–water partition coefficient (Wildman–Crippen LogP) is 3.73. The van der Waals surface area contributed by atoms with Crippen molar-refractivity contribution in [3.8, 4) is 11.5 Å². The molecule has 3 rings (SSSR count). The van der Waals surface area contributed by atoms with Gasteiger partial charge in [-0.3, -0.25) is 9.59 Å². The minimum Gasteiger partial charge on any atom is -0.497 e. The van der Waals surface area contributed by atoms with Crippen LogP contribution in [0.1, 0.15) is 35.2 Å². The minimum atomic E-state index is -0.440. The molecule has 0 aromatic heterocycles. The molecule has 1 aliphatic carbocycles. The first-order chi connectivity index (χ1) is 14.5. The number of nitrogens with one attached hydrogen (secondary N) is 1. The average molecular weight is 409 g/mol. The van der Waals surface area contributed by atoms with E-state index in [0.717, 1.165) is 17.1 Å². The molecular formula is C24H27NO5. The lowest BCUT2D eigenvalue weighted by atomic mass is 9.85. The molecule has 0 unspecified atom stereocenters. The Morgan fingerprint density at radius 2 is 1.67 bits per heavy atom. The molecule has 0 saturated carbocycles. The zero-order valence-electron chi connectivity index (χ0n) is 17.5. The molecule has 6 heteroatoms. The van der Waals surface area contributed by atoms with E-state index in [4.69, 9.17) is 14.2 Å². The Kier molecular flexibility index (Phi) is 7.12. The first kappa shape index (κ1) is 21.4. The van der Waals surface area contributed by atoms with Crippen molar-refractivity contribution >= 4 is 11.9 Å². The van der Waals surface area contributed by atoms with Gasteiger partial charge in [0.1, 0.15) is 11.5 Å². The molecule has 1 N–H and O–H groups in total. The van der Waals surface area contributed by atoms with Gasteiger partial charge >= 0.3 is 5.97 Å². The number of hydrogen-bond acceptors (Lipinski definition) is 5. The van der Waals surface area contributed by atoms with E-state index < -0.39 is 5.92 Å². The number of ether oxygens (including phenoxy) is 3. The van der Waals surface area contributed by atoms with Crippen molar-refractivity contribution < 1.29 is 23.8 Å². The number of allylic oxidation sites excluding steroid dienone is 1. The second-order valence-electron chi connectivity index (χ2n) is 7.10. The Morgan fingerprint density at radius 1 is 1.00 bits per heavy atom. The summed E-state index contributed by atoms with van der Waals surface area (Å²) in [5, 5.41) is 3.02. The van der Waals surface area contributed by atoms with Crippen molar-refractivity contribution in [1.82, 2.24) is 5.32 Å². The van der Waals surface area contributed by atoms with Gasteiger partial charge in [-0.2, -0.15) is 0 Å². The van der Waals surface area contributed by atoms with Gasteiger partial charge in [0.15, 0.2) is 0 Å². The number of carbonyl (C=O) groups excluding carboxylic acids is 2. The molecule has 0 spiro atoms. The maximum Gasteiger partial charge on any atom is 0.313 e. The second-order valence-corrected chi connectivity index (χ2v) is 7.10. The molecule has 30 heavy (non-hydrogen) atoms. The molecule has 3 atom stereocenters. The monoisotopic (exact) mass is 409 g/mol. The average Bonchev–Trinajstić information content (AvgIpc) is 3.22. The third-order valence-electron chi connectivity index (χ3n) is 5.22. The van der Waals surface area contributed by atoms with Crippen molar-refractivity contribution in [1.29, 1.82) is 0 Å². The lowest BCUT2D eigenvalue weighted by Crippen LogP contribution is -2.33. The number of hydrogen-bond donors (Lipinski definition) is 1. The van der Waals surface area contributed by atoms with Gasteiger partial charge in [0.05, 0.1) is 26.7 Å². The third-order valence-corrected chi connectivity index (χ3v) is 5.22. The van der Waals surface area contributed by atoms with Crippen molar-refractivity contribution in [2.45, 2.75) is 25.3 Å². The van der Waals surface area contributed by atoms with E-state index in [1.165, 1.54) is 7.11 Å². The van der Waals surface area contributed by atoms with Crippen molar-refractivity contribution in [3.05, 3.63) is 71.8 Å². The number of amides is 1.